The Bertz CT molecular complexity index is 191. The van der Waals surface area contributed by atoms with Crippen LogP contribution < -0.4 is 5.32 Å². The van der Waals surface area contributed by atoms with E-state index in [0.29, 0.717) is 5.92 Å². The molecule has 0 radical (unpaired) electrons. The lowest BCUT2D eigenvalue weighted by Gasteiger charge is -2.31. The topological polar surface area (TPSA) is 35.5 Å². The van der Waals surface area contributed by atoms with E-state index in [1.807, 2.05) is 0 Å². The molecule has 0 saturated carbocycles. The van der Waals surface area contributed by atoms with Crippen molar-refractivity contribution >= 4 is 0 Å². The molecule has 2 atom stereocenters. The van der Waals surface area contributed by atoms with Gasteiger partial charge in [-0.05, 0) is 44.3 Å². The predicted octanol–water partition coefficient (Wildman–Crippen LogP) is 1.71. The molecule has 1 aliphatic rings. The van der Waals surface area contributed by atoms with E-state index in [9.17, 15) is 5.11 Å². The standard InChI is InChI=1S/C14H30N2O/c1-4-12(2)9-15-10-14(17)11-16-7-5-13(3)6-8-16/h12-15,17H,4-11H2,1-3H3. The summed E-state index contributed by atoms with van der Waals surface area (Å²) in [6, 6.07) is 0. The van der Waals surface area contributed by atoms with Crippen LogP contribution >= 0.6 is 0 Å². The van der Waals surface area contributed by atoms with Gasteiger partial charge in [0, 0.05) is 13.1 Å². The van der Waals surface area contributed by atoms with Crippen molar-refractivity contribution in [2.45, 2.75) is 46.1 Å². The van der Waals surface area contributed by atoms with Gasteiger partial charge in [-0.15, -0.1) is 0 Å². The lowest BCUT2D eigenvalue weighted by molar-refractivity contribution is 0.0903. The lowest BCUT2D eigenvalue weighted by Crippen LogP contribution is -2.42. The van der Waals surface area contributed by atoms with E-state index >= 15 is 0 Å². The van der Waals surface area contributed by atoms with E-state index in [4.69, 9.17) is 0 Å². The minimum absolute atomic E-state index is 0.215. The fraction of sp³-hybridized carbons (Fsp3) is 1.00. The number of piperidine rings is 1. The predicted molar refractivity (Wildman–Crippen MR) is 73.2 cm³/mol. The number of hydrogen-bond acceptors (Lipinski definition) is 3. The summed E-state index contributed by atoms with van der Waals surface area (Å²) in [6.07, 6.45) is 3.56. The van der Waals surface area contributed by atoms with Crippen LogP contribution in [0.4, 0.5) is 0 Å². The highest BCUT2D eigenvalue weighted by atomic mass is 16.3. The number of aliphatic hydroxyl groups is 1. The first kappa shape index (κ1) is 14.9. The van der Waals surface area contributed by atoms with Crippen molar-refractivity contribution in [2.75, 3.05) is 32.7 Å². The van der Waals surface area contributed by atoms with E-state index in [1.54, 1.807) is 0 Å². The van der Waals surface area contributed by atoms with Gasteiger partial charge < -0.3 is 15.3 Å². The molecule has 0 bridgehead atoms. The zero-order chi connectivity index (χ0) is 12.7. The molecular weight excluding hydrogens is 212 g/mol. The van der Waals surface area contributed by atoms with Crippen LogP contribution in [0.15, 0.2) is 0 Å². The van der Waals surface area contributed by atoms with Crippen molar-refractivity contribution in [3.63, 3.8) is 0 Å². The number of rotatable bonds is 7. The van der Waals surface area contributed by atoms with Crippen molar-refractivity contribution in [1.29, 1.82) is 0 Å². The SMILES string of the molecule is CCC(C)CNCC(O)CN1CCC(C)CC1. The maximum Gasteiger partial charge on any atom is 0.0791 e. The highest BCUT2D eigenvalue weighted by Crippen LogP contribution is 2.15. The first-order valence-corrected chi connectivity index (χ1v) is 7.23. The quantitative estimate of drug-likeness (QED) is 0.713. The summed E-state index contributed by atoms with van der Waals surface area (Å²) < 4.78 is 0. The number of aliphatic hydroxyl groups excluding tert-OH is 1. The van der Waals surface area contributed by atoms with Gasteiger partial charge in [0.25, 0.3) is 0 Å². The van der Waals surface area contributed by atoms with Gasteiger partial charge >= 0.3 is 0 Å². The number of hydrogen-bond donors (Lipinski definition) is 2. The molecule has 0 aliphatic carbocycles. The van der Waals surface area contributed by atoms with E-state index in [1.165, 1.54) is 19.3 Å². The summed E-state index contributed by atoms with van der Waals surface area (Å²) in [5.74, 6) is 1.57. The molecule has 0 amide bonds. The molecule has 1 rings (SSSR count). The van der Waals surface area contributed by atoms with Crippen LogP contribution in [0.25, 0.3) is 0 Å². The van der Waals surface area contributed by atoms with Gasteiger partial charge in [-0.1, -0.05) is 27.2 Å². The van der Waals surface area contributed by atoms with E-state index in [0.717, 1.165) is 38.6 Å². The van der Waals surface area contributed by atoms with Gasteiger partial charge in [0.05, 0.1) is 6.10 Å². The summed E-state index contributed by atoms with van der Waals surface area (Å²) >= 11 is 0. The second kappa shape index (κ2) is 8.06. The zero-order valence-corrected chi connectivity index (χ0v) is 11.8. The summed E-state index contributed by atoms with van der Waals surface area (Å²) in [6.45, 7) is 11.7. The van der Waals surface area contributed by atoms with Crippen LogP contribution in [-0.2, 0) is 0 Å². The maximum absolute atomic E-state index is 9.95. The molecule has 0 aromatic rings. The normalized spacial score (nSPS) is 22.6. The minimum atomic E-state index is -0.215. The third kappa shape index (κ3) is 6.39. The fourth-order valence-electron chi connectivity index (χ4n) is 2.25. The van der Waals surface area contributed by atoms with Crippen molar-refractivity contribution in [1.82, 2.24) is 10.2 Å². The van der Waals surface area contributed by atoms with Gasteiger partial charge in [-0.2, -0.15) is 0 Å². The summed E-state index contributed by atoms with van der Waals surface area (Å²) in [7, 11) is 0. The molecule has 3 heteroatoms. The Morgan fingerprint density at radius 3 is 2.53 bits per heavy atom. The van der Waals surface area contributed by atoms with Crippen LogP contribution in [0.2, 0.25) is 0 Å². The Morgan fingerprint density at radius 1 is 1.29 bits per heavy atom. The third-order valence-corrected chi connectivity index (χ3v) is 3.91. The van der Waals surface area contributed by atoms with Crippen LogP contribution in [0, 0.1) is 11.8 Å². The Kier molecular flexibility index (Phi) is 7.09. The zero-order valence-electron chi connectivity index (χ0n) is 11.8. The average molecular weight is 242 g/mol. The number of likely N-dealkylation sites (tertiary alicyclic amines) is 1. The first-order chi connectivity index (χ1) is 8.11. The van der Waals surface area contributed by atoms with Gasteiger partial charge in [0.2, 0.25) is 0 Å². The second-order valence-electron chi connectivity index (χ2n) is 5.81. The second-order valence-corrected chi connectivity index (χ2v) is 5.81. The molecule has 17 heavy (non-hydrogen) atoms. The molecule has 2 N–H and O–H groups in total. The molecule has 2 unspecified atom stereocenters. The minimum Gasteiger partial charge on any atom is -0.390 e. The van der Waals surface area contributed by atoms with Crippen molar-refractivity contribution in [3.05, 3.63) is 0 Å². The van der Waals surface area contributed by atoms with Gasteiger partial charge in [-0.3, -0.25) is 0 Å². The molecule has 3 nitrogen and oxygen atoms in total. The monoisotopic (exact) mass is 242 g/mol. The largest absolute Gasteiger partial charge is 0.390 e. The van der Waals surface area contributed by atoms with Gasteiger partial charge in [0.15, 0.2) is 0 Å². The molecule has 0 spiro atoms. The Hall–Kier alpha value is -0.120. The van der Waals surface area contributed by atoms with Crippen molar-refractivity contribution < 1.29 is 5.11 Å². The fourth-order valence-corrected chi connectivity index (χ4v) is 2.25. The first-order valence-electron chi connectivity index (χ1n) is 7.23. The molecule has 1 saturated heterocycles. The number of nitrogens with zero attached hydrogens (tertiary/aromatic N) is 1. The molecule has 1 heterocycles. The van der Waals surface area contributed by atoms with Gasteiger partial charge in [0.1, 0.15) is 0 Å². The summed E-state index contributed by atoms with van der Waals surface area (Å²) in [5.41, 5.74) is 0. The summed E-state index contributed by atoms with van der Waals surface area (Å²) in [4.78, 5) is 2.40. The Morgan fingerprint density at radius 2 is 1.94 bits per heavy atom. The molecule has 1 aliphatic heterocycles. The van der Waals surface area contributed by atoms with Crippen LogP contribution in [0.3, 0.4) is 0 Å². The maximum atomic E-state index is 9.95. The highest BCUT2D eigenvalue weighted by molar-refractivity contribution is 4.73. The van der Waals surface area contributed by atoms with E-state index < -0.39 is 0 Å². The molecule has 1 fully saturated rings. The number of nitrogens with one attached hydrogen (secondary N) is 1. The Balaban J connectivity index is 2.06. The molecular formula is C14H30N2O. The van der Waals surface area contributed by atoms with Crippen LogP contribution in [-0.4, -0.2) is 48.8 Å². The molecule has 0 aromatic carbocycles. The lowest BCUT2D eigenvalue weighted by atomic mass is 9.99. The Labute approximate surface area is 107 Å². The smallest absolute Gasteiger partial charge is 0.0791 e. The molecule has 0 aromatic heterocycles. The van der Waals surface area contributed by atoms with E-state index in [2.05, 4.69) is 31.0 Å². The van der Waals surface area contributed by atoms with Crippen LogP contribution in [0.5, 0.6) is 0 Å². The number of β-amino-alcohol motifs (C(OH)–C–C–N with tert-alkyl or cyclic N) is 1. The van der Waals surface area contributed by atoms with Crippen LogP contribution in [0.1, 0.15) is 40.0 Å². The van der Waals surface area contributed by atoms with E-state index in [-0.39, 0.29) is 6.10 Å². The van der Waals surface area contributed by atoms with Crippen molar-refractivity contribution in [2.24, 2.45) is 11.8 Å². The van der Waals surface area contributed by atoms with Crippen molar-refractivity contribution in [3.8, 4) is 0 Å². The third-order valence-electron chi connectivity index (χ3n) is 3.91. The molecule has 102 valence electrons. The summed E-state index contributed by atoms with van der Waals surface area (Å²) in [5, 5.41) is 13.3. The highest BCUT2D eigenvalue weighted by Gasteiger charge is 2.17. The van der Waals surface area contributed by atoms with Gasteiger partial charge in [-0.25, -0.2) is 0 Å². The average Bonchev–Trinajstić information content (AvgIpc) is 2.32.